The van der Waals surface area contributed by atoms with E-state index in [1.807, 2.05) is 26.0 Å². The lowest BCUT2D eigenvalue weighted by molar-refractivity contribution is 0.505. The van der Waals surface area contributed by atoms with Gasteiger partial charge in [0.1, 0.15) is 0 Å². The Kier molecular flexibility index (Phi) is 51.3. The fourth-order valence-corrected chi connectivity index (χ4v) is 0. The van der Waals surface area contributed by atoms with Crippen molar-refractivity contribution in [3.8, 4) is 0 Å². The smallest absolute Gasteiger partial charge is 0.0104 e. The monoisotopic (exact) mass is 188 g/mol. The van der Waals surface area contributed by atoms with Crippen molar-refractivity contribution in [1.82, 2.24) is 4.90 Å². The van der Waals surface area contributed by atoms with Gasteiger partial charge in [-0.05, 0) is 21.1 Å². The summed E-state index contributed by atoms with van der Waals surface area (Å²) in [4.78, 5) is 2.00. The van der Waals surface area contributed by atoms with E-state index >= 15 is 0 Å². The second-order valence-corrected chi connectivity index (χ2v) is 1.87. The molecule has 0 amide bonds. The maximum Gasteiger partial charge on any atom is 0.0104 e. The molecule has 0 fully saturated rings. The summed E-state index contributed by atoms with van der Waals surface area (Å²) in [5.74, 6) is 0. The van der Waals surface area contributed by atoms with Crippen LogP contribution in [0.5, 0.6) is 0 Å². The molecule has 0 atom stereocenters. The first-order valence-corrected chi connectivity index (χ1v) is 2.57. The molecule has 0 rings (SSSR count). The highest BCUT2D eigenvalue weighted by Crippen LogP contribution is 1.47. The van der Waals surface area contributed by atoms with Gasteiger partial charge in [0.2, 0.25) is 0 Å². The Bertz CT molecular complexity index is 46.3. The van der Waals surface area contributed by atoms with Crippen LogP contribution >= 0.6 is 24.8 Å². The van der Waals surface area contributed by atoms with E-state index in [9.17, 15) is 0 Å². The molecule has 0 aliphatic carbocycles. The zero-order valence-electron chi connectivity index (χ0n) is 6.83. The number of nitrogens with two attached hydrogens (primary N) is 1. The van der Waals surface area contributed by atoms with Crippen molar-refractivity contribution in [3.63, 3.8) is 0 Å². The quantitative estimate of drug-likeness (QED) is 0.627. The lowest BCUT2D eigenvalue weighted by atomic mass is 10.7. The van der Waals surface area contributed by atoms with Gasteiger partial charge in [0, 0.05) is 6.54 Å². The van der Waals surface area contributed by atoms with Gasteiger partial charge in [-0.1, -0.05) is 6.08 Å². The summed E-state index contributed by atoms with van der Waals surface area (Å²) < 4.78 is 0. The van der Waals surface area contributed by atoms with Crippen LogP contribution in [0, 0.1) is 0 Å². The van der Waals surface area contributed by atoms with Gasteiger partial charge in [0.05, 0.1) is 0 Å². The minimum Gasteiger partial charge on any atom is -0.327 e. The predicted molar refractivity (Wildman–Crippen MR) is 53.4 cm³/mol. The molecule has 66 valence electrons. The minimum absolute atomic E-state index is 0. The molecule has 0 radical (unpaired) electrons. The summed E-state index contributed by atoms with van der Waals surface area (Å²) in [5, 5.41) is 0. The topological polar surface area (TPSA) is 29.3 Å². The van der Waals surface area contributed by atoms with E-state index < -0.39 is 0 Å². The van der Waals surface area contributed by atoms with Gasteiger partial charge in [0.15, 0.2) is 0 Å². The molecule has 0 unspecified atom stereocenters. The molecule has 2 nitrogen and oxygen atoms in total. The van der Waals surface area contributed by atoms with E-state index in [0.717, 1.165) is 0 Å². The minimum atomic E-state index is 0. The average molecular weight is 189 g/mol. The maximum atomic E-state index is 4.91. The van der Waals surface area contributed by atoms with Crippen LogP contribution in [0.25, 0.3) is 0 Å². The highest BCUT2D eigenvalue weighted by atomic mass is 35.5. The zero-order valence-corrected chi connectivity index (χ0v) is 8.47. The number of hydrogen-bond donors (Lipinski definition) is 1. The average Bonchev–Trinajstić information content (AvgIpc) is 1.65. The van der Waals surface area contributed by atoms with Crippen molar-refractivity contribution in [2.45, 2.75) is 0 Å². The molecule has 0 aromatic carbocycles. The number of rotatable bonds is 1. The maximum absolute atomic E-state index is 4.91. The van der Waals surface area contributed by atoms with E-state index in [-0.39, 0.29) is 24.8 Å². The molecule has 0 aliphatic heterocycles. The SMILES string of the molecule is C=CCN.CN(C)C.Cl.Cl. The normalized spacial score (nSPS) is 6.10. The Morgan fingerprint density at radius 2 is 1.40 bits per heavy atom. The summed E-state index contributed by atoms with van der Waals surface area (Å²) in [5.41, 5.74) is 4.91. The summed E-state index contributed by atoms with van der Waals surface area (Å²) in [7, 11) is 6.00. The molecule has 0 saturated heterocycles. The Balaban J connectivity index is -0.0000000300. The van der Waals surface area contributed by atoms with Crippen molar-refractivity contribution in [1.29, 1.82) is 0 Å². The lowest BCUT2D eigenvalue weighted by Gasteiger charge is -1.90. The molecule has 2 N–H and O–H groups in total. The van der Waals surface area contributed by atoms with Crippen molar-refractivity contribution in [3.05, 3.63) is 12.7 Å². The Morgan fingerprint density at radius 1 is 1.30 bits per heavy atom. The number of halogens is 2. The fourth-order valence-electron chi connectivity index (χ4n) is 0. The molecule has 0 bridgehead atoms. The second kappa shape index (κ2) is 22.8. The molecular formula is C6H18Cl2N2. The molecule has 0 spiro atoms. The highest BCUT2D eigenvalue weighted by Gasteiger charge is 1.58. The first kappa shape index (κ1) is 22.5. The Morgan fingerprint density at radius 3 is 1.40 bits per heavy atom. The van der Waals surface area contributed by atoms with Crippen LogP contribution in [0.3, 0.4) is 0 Å². The van der Waals surface area contributed by atoms with Gasteiger partial charge in [0.25, 0.3) is 0 Å². The highest BCUT2D eigenvalue weighted by molar-refractivity contribution is 5.85. The first-order valence-electron chi connectivity index (χ1n) is 2.57. The van der Waals surface area contributed by atoms with Crippen molar-refractivity contribution in [2.75, 3.05) is 27.7 Å². The molecule has 10 heavy (non-hydrogen) atoms. The number of hydrogen-bond acceptors (Lipinski definition) is 2. The van der Waals surface area contributed by atoms with Crippen LogP contribution in [0.1, 0.15) is 0 Å². The first-order chi connectivity index (χ1) is 3.65. The standard InChI is InChI=1S/C3H9N.C3H7N.2ClH/c1-4(2)3;1-2-3-4;;/h1-3H3;2H,1,3-4H2;2*1H. The van der Waals surface area contributed by atoms with Crippen LogP contribution < -0.4 is 5.73 Å². The van der Waals surface area contributed by atoms with E-state index in [4.69, 9.17) is 5.73 Å². The summed E-state index contributed by atoms with van der Waals surface area (Å²) >= 11 is 0. The Labute approximate surface area is 76.3 Å². The van der Waals surface area contributed by atoms with Gasteiger partial charge in [-0.15, -0.1) is 31.4 Å². The van der Waals surface area contributed by atoms with Gasteiger partial charge in [-0.3, -0.25) is 0 Å². The largest absolute Gasteiger partial charge is 0.327 e. The molecule has 0 saturated carbocycles. The van der Waals surface area contributed by atoms with E-state index in [1.165, 1.54) is 0 Å². The molecular weight excluding hydrogens is 171 g/mol. The van der Waals surface area contributed by atoms with Gasteiger partial charge in [-0.25, -0.2) is 0 Å². The van der Waals surface area contributed by atoms with E-state index in [0.29, 0.717) is 6.54 Å². The second-order valence-electron chi connectivity index (χ2n) is 1.87. The van der Waals surface area contributed by atoms with Crippen LogP contribution in [-0.4, -0.2) is 32.6 Å². The third-order valence-electron chi connectivity index (χ3n) is 0.167. The Hall–Kier alpha value is 0.240. The van der Waals surface area contributed by atoms with Crippen LogP contribution in [0.2, 0.25) is 0 Å². The van der Waals surface area contributed by atoms with Crippen LogP contribution in [0.15, 0.2) is 12.7 Å². The van der Waals surface area contributed by atoms with Gasteiger partial charge < -0.3 is 10.6 Å². The van der Waals surface area contributed by atoms with E-state index in [2.05, 4.69) is 6.58 Å². The third kappa shape index (κ3) is 281. The molecule has 0 heterocycles. The molecule has 0 aromatic rings. The van der Waals surface area contributed by atoms with E-state index in [1.54, 1.807) is 6.08 Å². The van der Waals surface area contributed by atoms with Crippen molar-refractivity contribution >= 4 is 24.8 Å². The fraction of sp³-hybridized carbons (Fsp3) is 0.667. The van der Waals surface area contributed by atoms with Crippen molar-refractivity contribution in [2.24, 2.45) is 5.73 Å². The lowest BCUT2D eigenvalue weighted by Crippen LogP contribution is -1.99. The molecule has 4 heteroatoms. The zero-order chi connectivity index (χ0) is 6.99. The van der Waals surface area contributed by atoms with Crippen LogP contribution in [-0.2, 0) is 0 Å². The molecule has 0 aromatic heterocycles. The predicted octanol–water partition coefficient (Wildman–Crippen LogP) is 1.15. The third-order valence-corrected chi connectivity index (χ3v) is 0.167. The van der Waals surface area contributed by atoms with Crippen molar-refractivity contribution < 1.29 is 0 Å². The van der Waals surface area contributed by atoms with Gasteiger partial charge in [-0.2, -0.15) is 0 Å². The summed E-state index contributed by atoms with van der Waals surface area (Å²) in [6.45, 7) is 3.94. The van der Waals surface area contributed by atoms with Gasteiger partial charge >= 0.3 is 0 Å². The van der Waals surface area contributed by atoms with Crippen LogP contribution in [0.4, 0.5) is 0 Å². The molecule has 0 aliphatic rings. The number of nitrogens with zero attached hydrogens (tertiary/aromatic N) is 1. The summed E-state index contributed by atoms with van der Waals surface area (Å²) in [6, 6.07) is 0. The summed E-state index contributed by atoms with van der Waals surface area (Å²) in [6.07, 6.45) is 1.65.